The van der Waals surface area contributed by atoms with E-state index in [-0.39, 0.29) is 0 Å². The second-order valence-electron chi connectivity index (χ2n) is 37.0. The number of benzene rings is 21. The van der Waals surface area contributed by atoms with Crippen LogP contribution in [0.1, 0.15) is 33.4 Å². The zero-order valence-corrected chi connectivity index (χ0v) is 80.6. The van der Waals surface area contributed by atoms with Crippen molar-refractivity contribution in [1.29, 1.82) is 31.6 Å². The molecule has 30 rings (SSSR count). The van der Waals surface area contributed by atoms with E-state index in [1.165, 1.54) is 121 Å². The summed E-state index contributed by atoms with van der Waals surface area (Å²) in [7, 11) is 0. The molecule has 678 valence electrons. The molecule has 147 heavy (non-hydrogen) atoms. The van der Waals surface area contributed by atoms with Crippen LogP contribution in [0.25, 0.3) is 259 Å². The third-order valence-electron chi connectivity index (χ3n) is 29.3. The highest BCUT2D eigenvalue weighted by Gasteiger charge is 2.29. The van der Waals surface area contributed by atoms with E-state index in [0.29, 0.717) is 33.4 Å². The lowest BCUT2D eigenvalue weighted by atomic mass is 9.96. The van der Waals surface area contributed by atoms with Crippen LogP contribution < -0.4 is 0 Å². The van der Waals surface area contributed by atoms with Crippen LogP contribution in [-0.2, 0) is 0 Å². The Morgan fingerprint density at radius 2 is 0.442 bits per heavy atom. The van der Waals surface area contributed by atoms with Crippen molar-refractivity contribution < 1.29 is 0 Å². The number of nitrogens with zero attached hydrogens (tertiary/aromatic N) is 12. The number of nitriles is 6. The van der Waals surface area contributed by atoms with Gasteiger partial charge in [-0.05, 0) is 188 Å². The van der Waals surface area contributed by atoms with Crippen molar-refractivity contribution >= 4 is 225 Å². The smallest absolute Gasteiger partial charge is 0.0998 e. The van der Waals surface area contributed by atoms with Gasteiger partial charge in [0, 0.05) is 176 Å². The molecule has 9 heterocycles. The minimum Gasteiger partial charge on any atom is -0.309 e. The molecular weight excluding hydrogens is 1850 g/mol. The van der Waals surface area contributed by atoms with Crippen LogP contribution in [0.3, 0.4) is 0 Å². The SMILES string of the molecule is N#Cc1ccc(-c2cccc3c2sc2c3ccc3c2c2ccccc2n3-c2ccccc2)c(-n2c3ccccc3c3cc(C#N)ccc32)c1.N#Cc1ccc(-n2c3ccccc3c3cc(C#N)ccc32)c(-c2cccc3c2sc2c3ccc3c2c2ccccc2n3-c2ccccc2)c1.N#Cc1ccc2c(c1)c1ccccc1n2-c1cccc(C#N)c1-c1cccc2c1sc1c2ccc2c1c1ccccc1n2-c1ccccc1. The molecule has 15 heteroatoms. The summed E-state index contributed by atoms with van der Waals surface area (Å²) in [6, 6.07) is 166. The van der Waals surface area contributed by atoms with Crippen molar-refractivity contribution in [2.24, 2.45) is 0 Å². The summed E-state index contributed by atoms with van der Waals surface area (Å²) in [6.07, 6.45) is 0. The summed E-state index contributed by atoms with van der Waals surface area (Å²) < 4.78 is 21.2. The van der Waals surface area contributed by atoms with Gasteiger partial charge in [0.05, 0.1) is 153 Å². The van der Waals surface area contributed by atoms with E-state index < -0.39 is 0 Å². The molecule has 0 N–H and O–H groups in total. The average Bonchev–Trinajstić information content (AvgIpc) is 1.56. The maximum Gasteiger partial charge on any atom is 0.0998 e. The molecule has 21 aromatic carbocycles. The van der Waals surface area contributed by atoms with Gasteiger partial charge in [-0.1, -0.05) is 249 Å². The second-order valence-corrected chi connectivity index (χ2v) is 40.1. The van der Waals surface area contributed by atoms with Crippen LogP contribution in [0.4, 0.5) is 0 Å². The third kappa shape index (κ3) is 13.0. The first-order valence-electron chi connectivity index (χ1n) is 48.4. The zero-order chi connectivity index (χ0) is 97.9. The van der Waals surface area contributed by atoms with Crippen molar-refractivity contribution in [1.82, 2.24) is 27.4 Å². The van der Waals surface area contributed by atoms with Crippen LogP contribution in [0.15, 0.2) is 437 Å². The molecule has 0 bridgehead atoms. The van der Waals surface area contributed by atoms with Crippen LogP contribution >= 0.6 is 34.0 Å². The van der Waals surface area contributed by atoms with E-state index in [1.54, 1.807) is 11.3 Å². The highest BCUT2D eigenvalue weighted by molar-refractivity contribution is 7.28. The summed E-state index contributed by atoms with van der Waals surface area (Å²) in [6.45, 7) is 0. The van der Waals surface area contributed by atoms with E-state index >= 15 is 0 Å². The summed E-state index contributed by atoms with van der Waals surface area (Å²) in [5.74, 6) is 0. The molecule has 0 unspecified atom stereocenters. The first-order chi connectivity index (χ1) is 72.7. The topological polar surface area (TPSA) is 172 Å². The standard InChI is InChI=1S/3C44H24N4S/c45-25-27-20-22-38-35(24-27)30-13-4-6-17-36(30)48(38)39-19-8-10-28(26-46)41(39)34-16-9-15-31-32-21-23-40-42(44(32)49-43(31)34)33-14-5-7-18-37(33)47(40)29-11-2-1-3-12-29;45-25-27-17-20-39-35(23-27)30-11-4-6-15-37(30)48(39)40-21-18-28(26-46)24-36(40)32-14-8-13-31-33-19-22-41-42(44(33)49-43(31)32)34-12-5-7-16-38(34)47(41)29-9-2-1-3-10-29;45-25-27-18-21-39-36(23-27)30-11-4-6-15-37(30)48(39)41-24-28(26-46)17-19-31(41)32-13-8-14-33-34-20-22-40-42(44(34)49-43(32)33)35-12-5-7-16-38(35)47(40)29-9-2-1-3-10-29/h3*1-24H. The molecular formula is C132H72N12S3. The number of aromatic nitrogens is 6. The Kier molecular flexibility index (Phi) is 19.6. The molecule has 12 nitrogen and oxygen atoms in total. The largest absolute Gasteiger partial charge is 0.309 e. The van der Waals surface area contributed by atoms with Crippen LogP contribution in [-0.4, -0.2) is 27.4 Å². The number of rotatable bonds is 9. The fraction of sp³-hybridized carbons (Fsp3) is 0. The van der Waals surface area contributed by atoms with Gasteiger partial charge in [-0.2, -0.15) is 31.6 Å². The van der Waals surface area contributed by atoms with Crippen molar-refractivity contribution in [2.45, 2.75) is 0 Å². The van der Waals surface area contributed by atoms with Gasteiger partial charge >= 0.3 is 0 Å². The highest BCUT2D eigenvalue weighted by Crippen LogP contribution is 2.54. The van der Waals surface area contributed by atoms with Gasteiger partial charge in [-0.3, -0.25) is 0 Å². The van der Waals surface area contributed by atoms with E-state index in [4.69, 9.17) is 0 Å². The fourth-order valence-corrected chi connectivity index (χ4v) is 27.3. The number of thiophene rings is 3. The lowest BCUT2D eigenvalue weighted by Crippen LogP contribution is -1.99. The van der Waals surface area contributed by atoms with E-state index in [0.717, 1.165) is 138 Å². The van der Waals surface area contributed by atoms with E-state index in [1.807, 2.05) is 144 Å². The van der Waals surface area contributed by atoms with Crippen LogP contribution in [0, 0.1) is 68.0 Å². The molecule has 0 aliphatic rings. The Morgan fingerprint density at radius 3 is 0.837 bits per heavy atom. The Labute approximate surface area is 851 Å². The molecule has 0 spiro atoms. The molecule has 0 aliphatic carbocycles. The summed E-state index contributed by atoms with van der Waals surface area (Å²) in [5.41, 5.74) is 29.4. The minimum absolute atomic E-state index is 0.595. The van der Waals surface area contributed by atoms with Gasteiger partial charge < -0.3 is 27.4 Å². The molecule has 0 saturated heterocycles. The molecule has 0 saturated carbocycles. The van der Waals surface area contributed by atoms with E-state index in [9.17, 15) is 31.6 Å². The fourth-order valence-electron chi connectivity index (χ4n) is 23.1. The summed E-state index contributed by atoms with van der Waals surface area (Å²) >= 11 is 5.47. The Hall–Kier alpha value is -20.0. The Morgan fingerprint density at radius 1 is 0.156 bits per heavy atom. The van der Waals surface area contributed by atoms with Gasteiger partial charge in [0.15, 0.2) is 0 Å². The quantitative estimate of drug-likeness (QED) is 0.139. The number of hydrogen-bond donors (Lipinski definition) is 0. The number of para-hydroxylation sites is 9. The monoisotopic (exact) mass is 1920 g/mol. The average molecular weight is 1920 g/mol. The van der Waals surface area contributed by atoms with Gasteiger partial charge in [0.25, 0.3) is 0 Å². The normalized spacial score (nSPS) is 11.6. The van der Waals surface area contributed by atoms with Gasteiger partial charge in [-0.15, -0.1) is 34.0 Å². The highest BCUT2D eigenvalue weighted by atomic mass is 32.1. The number of hydrogen-bond acceptors (Lipinski definition) is 9. The van der Waals surface area contributed by atoms with Crippen LogP contribution in [0.5, 0.6) is 0 Å². The maximum atomic E-state index is 10.6. The summed E-state index contributed by atoms with van der Waals surface area (Å²) in [5, 5.41) is 80.8. The van der Waals surface area contributed by atoms with Crippen molar-refractivity contribution in [3.05, 3.63) is 470 Å². The Balaban J connectivity index is 0.000000107. The molecule has 0 radical (unpaired) electrons. The maximum absolute atomic E-state index is 10.6. The Bertz CT molecular complexity index is 11100. The number of fused-ring (bicyclic) bond motifs is 30. The molecule has 0 atom stereocenters. The van der Waals surface area contributed by atoms with Crippen LogP contribution in [0.2, 0.25) is 0 Å². The van der Waals surface area contributed by atoms with E-state index in [2.05, 4.69) is 379 Å². The lowest BCUT2D eigenvalue weighted by Gasteiger charge is -2.16. The molecule has 30 aromatic rings. The predicted molar refractivity (Wildman–Crippen MR) is 609 cm³/mol. The van der Waals surface area contributed by atoms with Gasteiger partial charge in [0.1, 0.15) is 0 Å². The van der Waals surface area contributed by atoms with Crippen molar-refractivity contribution in [3.63, 3.8) is 0 Å². The molecule has 9 aromatic heterocycles. The second kappa shape index (κ2) is 33.9. The first kappa shape index (κ1) is 85.0. The van der Waals surface area contributed by atoms with Crippen molar-refractivity contribution in [3.8, 4) is 104 Å². The molecule has 0 aliphatic heterocycles. The zero-order valence-electron chi connectivity index (χ0n) is 78.2. The summed E-state index contributed by atoms with van der Waals surface area (Å²) in [4.78, 5) is 0. The van der Waals surface area contributed by atoms with Gasteiger partial charge in [0.2, 0.25) is 0 Å². The van der Waals surface area contributed by atoms with Crippen molar-refractivity contribution in [2.75, 3.05) is 0 Å². The molecule has 0 amide bonds. The van der Waals surface area contributed by atoms with Gasteiger partial charge in [-0.25, -0.2) is 0 Å². The predicted octanol–water partition coefficient (Wildman–Crippen LogP) is 35.0. The molecule has 0 fully saturated rings. The minimum atomic E-state index is 0.595. The lowest BCUT2D eigenvalue weighted by molar-refractivity contribution is 1.18. The first-order valence-corrected chi connectivity index (χ1v) is 50.9. The third-order valence-corrected chi connectivity index (χ3v) is 33.2.